The zero-order valence-corrected chi connectivity index (χ0v) is 28.1. The van der Waals surface area contributed by atoms with E-state index in [4.69, 9.17) is 18.9 Å². The first-order valence-electron chi connectivity index (χ1n) is 10.9. The van der Waals surface area contributed by atoms with E-state index in [1.165, 1.54) is 75.5 Å². The van der Waals surface area contributed by atoms with E-state index in [9.17, 15) is 29.7 Å². The van der Waals surface area contributed by atoms with Gasteiger partial charge < -0.3 is 18.9 Å². The standard InChI is InChI=1S/C24H14N2O8S8/c1-31-19(27)15-16(20(28)32-2)40-13(39-15)5-9-11(7-25)37-23(35-9)24-36-10(12(8-26)38-24)6-14-41-17(21(29)33-3)18(42-14)22(30)34-4/h5-6H,1-4H3/b24-23+. The molecule has 4 aliphatic rings. The predicted molar refractivity (Wildman–Crippen MR) is 171 cm³/mol. The number of thioether (sulfide) groups is 8. The molecule has 0 N–H and O–H groups in total. The lowest BCUT2D eigenvalue weighted by Crippen LogP contribution is -2.08. The second-order valence-corrected chi connectivity index (χ2v) is 16.6. The van der Waals surface area contributed by atoms with Crippen LogP contribution in [-0.4, -0.2) is 52.3 Å². The average Bonchev–Trinajstić information content (AvgIpc) is 3.80. The number of carbonyl (C=O) groups is 4. The maximum Gasteiger partial charge on any atom is 0.346 e. The third-order valence-corrected chi connectivity index (χ3v) is 15.1. The number of carbonyl (C=O) groups excluding carboxylic acids is 4. The second-order valence-electron chi connectivity index (χ2n) is 7.21. The summed E-state index contributed by atoms with van der Waals surface area (Å²) in [6, 6.07) is 4.38. The Hall–Kier alpha value is -2.16. The first kappa shape index (κ1) is 32.7. The van der Waals surface area contributed by atoms with Crippen molar-refractivity contribution in [1.29, 1.82) is 10.5 Å². The summed E-state index contributed by atoms with van der Waals surface area (Å²) in [7, 11) is 4.88. The molecular formula is C24H14N2O8S8. The number of hydrogen-bond acceptors (Lipinski definition) is 18. The SMILES string of the molecule is COC(=O)C1=C(C(=O)OC)SC(=CC2=C(C#N)S/C(=C3/SC(C#N)=C(C=C4SC(C(=O)OC)=C(C(=O)OC)S4)S3)S2)S1. The number of allylic oxidation sites excluding steroid dienone is 4. The zero-order chi connectivity index (χ0) is 30.6. The van der Waals surface area contributed by atoms with Crippen molar-refractivity contribution in [1.82, 2.24) is 0 Å². The Labute approximate surface area is 273 Å². The van der Waals surface area contributed by atoms with Gasteiger partial charge in [0.1, 0.15) is 41.6 Å². The summed E-state index contributed by atoms with van der Waals surface area (Å²) in [6.07, 6.45) is 3.45. The van der Waals surface area contributed by atoms with E-state index >= 15 is 0 Å². The highest BCUT2D eigenvalue weighted by atomic mass is 32.2. The molecule has 0 aliphatic carbocycles. The van der Waals surface area contributed by atoms with Crippen molar-refractivity contribution in [3.8, 4) is 12.1 Å². The van der Waals surface area contributed by atoms with E-state index in [1.54, 1.807) is 12.2 Å². The number of nitrogens with zero attached hydrogens (tertiary/aromatic N) is 2. The van der Waals surface area contributed by atoms with Gasteiger partial charge in [0, 0.05) is 9.81 Å². The number of ether oxygens (including phenoxy) is 4. The van der Waals surface area contributed by atoms with Gasteiger partial charge in [-0.2, -0.15) is 10.5 Å². The van der Waals surface area contributed by atoms with E-state index in [2.05, 4.69) is 12.1 Å². The van der Waals surface area contributed by atoms with Crippen LogP contribution in [0.3, 0.4) is 0 Å². The molecule has 0 saturated carbocycles. The number of methoxy groups -OCH3 is 4. The summed E-state index contributed by atoms with van der Waals surface area (Å²) in [5, 5.41) is 19.6. The van der Waals surface area contributed by atoms with Crippen molar-refractivity contribution in [2.24, 2.45) is 0 Å². The van der Waals surface area contributed by atoms with Crippen molar-refractivity contribution >= 4 is 118 Å². The first-order chi connectivity index (χ1) is 20.2. The molecule has 0 radical (unpaired) electrons. The summed E-state index contributed by atoms with van der Waals surface area (Å²) in [6.45, 7) is 0. The Kier molecular flexibility index (Phi) is 11.3. The summed E-state index contributed by atoms with van der Waals surface area (Å²) in [5.41, 5.74) is 0. The van der Waals surface area contributed by atoms with Crippen LogP contribution < -0.4 is 0 Å². The molecular weight excluding hydrogens is 701 g/mol. The van der Waals surface area contributed by atoms with Gasteiger partial charge in [0.2, 0.25) is 0 Å². The van der Waals surface area contributed by atoms with Crippen molar-refractivity contribution in [3.05, 3.63) is 68.3 Å². The fourth-order valence-corrected chi connectivity index (χ4v) is 13.0. The quantitative estimate of drug-likeness (QED) is 0.223. The minimum Gasteiger partial charge on any atom is -0.465 e. The van der Waals surface area contributed by atoms with E-state index in [1.807, 2.05) is 0 Å². The molecule has 4 heterocycles. The monoisotopic (exact) mass is 714 g/mol. The Morgan fingerprint density at radius 3 is 1.05 bits per heavy atom. The third kappa shape index (κ3) is 6.97. The summed E-state index contributed by atoms with van der Waals surface area (Å²) in [5.74, 6) is -2.65. The van der Waals surface area contributed by atoms with Gasteiger partial charge >= 0.3 is 23.9 Å². The maximum absolute atomic E-state index is 12.2. The molecule has 0 amide bonds. The predicted octanol–water partition coefficient (Wildman–Crippen LogP) is 6.30. The number of rotatable bonds is 6. The molecule has 0 bridgehead atoms. The van der Waals surface area contributed by atoms with Gasteiger partial charge in [0.15, 0.2) is 0 Å². The van der Waals surface area contributed by atoms with Crippen molar-refractivity contribution < 1.29 is 38.1 Å². The molecule has 0 unspecified atom stereocenters. The molecule has 4 aliphatic heterocycles. The number of esters is 4. The molecule has 216 valence electrons. The maximum atomic E-state index is 12.2. The Balaban J connectivity index is 1.54. The Morgan fingerprint density at radius 1 is 0.524 bits per heavy atom. The average molecular weight is 715 g/mol. The molecule has 10 nitrogen and oxygen atoms in total. The largest absolute Gasteiger partial charge is 0.465 e. The Morgan fingerprint density at radius 2 is 0.810 bits per heavy atom. The highest BCUT2D eigenvalue weighted by Crippen LogP contribution is 2.62. The highest BCUT2D eigenvalue weighted by molar-refractivity contribution is 8.34. The smallest absolute Gasteiger partial charge is 0.346 e. The lowest BCUT2D eigenvalue weighted by atomic mass is 10.5. The second kappa shape index (κ2) is 14.5. The number of hydrogen-bond donors (Lipinski definition) is 0. The van der Waals surface area contributed by atoms with E-state index in [0.717, 1.165) is 55.5 Å². The van der Waals surface area contributed by atoms with Crippen LogP contribution in [0.25, 0.3) is 0 Å². The minimum atomic E-state index is -0.663. The van der Waals surface area contributed by atoms with Crippen LogP contribution in [0, 0.1) is 22.7 Å². The lowest BCUT2D eigenvalue weighted by Gasteiger charge is -2.02. The number of nitriles is 2. The molecule has 0 atom stereocenters. The normalized spacial score (nSPS) is 20.1. The van der Waals surface area contributed by atoms with Crippen LogP contribution in [0.5, 0.6) is 0 Å². The summed E-state index contributed by atoms with van der Waals surface area (Å²) in [4.78, 5) is 51.3. The molecule has 42 heavy (non-hydrogen) atoms. The van der Waals surface area contributed by atoms with Gasteiger partial charge in [-0.3, -0.25) is 0 Å². The Bertz CT molecular complexity index is 1440. The van der Waals surface area contributed by atoms with Crippen LogP contribution >= 0.6 is 94.1 Å². The van der Waals surface area contributed by atoms with Gasteiger partial charge in [-0.15, -0.1) is 0 Å². The highest BCUT2D eigenvalue weighted by Gasteiger charge is 2.36. The van der Waals surface area contributed by atoms with Crippen LogP contribution in [0.15, 0.2) is 68.3 Å². The molecule has 0 spiro atoms. The van der Waals surface area contributed by atoms with Gasteiger partial charge in [-0.05, 0) is 12.2 Å². The third-order valence-electron chi connectivity index (χ3n) is 4.82. The molecule has 18 heteroatoms. The fraction of sp³-hybridized carbons (Fsp3) is 0.167. The first-order valence-corrected chi connectivity index (χ1v) is 17.4. The van der Waals surface area contributed by atoms with E-state index in [0.29, 0.717) is 28.1 Å². The van der Waals surface area contributed by atoms with Gasteiger partial charge in [-0.25, -0.2) is 19.2 Å². The van der Waals surface area contributed by atoms with Crippen molar-refractivity contribution in [2.45, 2.75) is 0 Å². The van der Waals surface area contributed by atoms with Crippen LogP contribution in [0.2, 0.25) is 0 Å². The van der Waals surface area contributed by atoms with Gasteiger partial charge in [-0.1, -0.05) is 94.1 Å². The van der Waals surface area contributed by atoms with Crippen LogP contribution in [-0.2, 0) is 38.1 Å². The fourth-order valence-electron chi connectivity index (χ4n) is 3.00. The van der Waals surface area contributed by atoms with Gasteiger partial charge in [0.05, 0.1) is 45.4 Å². The van der Waals surface area contributed by atoms with Crippen molar-refractivity contribution in [2.75, 3.05) is 28.4 Å². The minimum absolute atomic E-state index is 0.110. The van der Waals surface area contributed by atoms with E-state index in [-0.39, 0.29) is 19.6 Å². The van der Waals surface area contributed by atoms with Crippen LogP contribution in [0.1, 0.15) is 0 Å². The molecule has 0 aromatic carbocycles. The summed E-state index contributed by atoms with van der Waals surface area (Å²) >= 11 is 9.42. The van der Waals surface area contributed by atoms with E-state index < -0.39 is 23.9 Å². The molecule has 0 aromatic rings. The van der Waals surface area contributed by atoms with Crippen molar-refractivity contribution in [3.63, 3.8) is 0 Å². The lowest BCUT2D eigenvalue weighted by molar-refractivity contribution is -0.138. The van der Waals surface area contributed by atoms with Crippen LogP contribution in [0.4, 0.5) is 0 Å². The molecule has 0 aromatic heterocycles. The van der Waals surface area contributed by atoms with Gasteiger partial charge in [0.25, 0.3) is 0 Å². The topological polar surface area (TPSA) is 153 Å². The molecule has 0 fully saturated rings. The molecule has 4 rings (SSSR count). The summed E-state index contributed by atoms with van der Waals surface area (Å²) < 4.78 is 21.9. The molecule has 0 saturated heterocycles. The zero-order valence-electron chi connectivity index (χ0n) is 21.6.